The van der Waals surface area contributed by atoms with Gasteiger partial charge in [-0.3, -0.25) is 0 Å². The molecule has 1 aromatic heterocycles. The minimum absolute atomic E-state index is 0.288. The lowest BCUT2D eigenvalue weighted by molar-refractivity contribution is -0.140. The van der Waals surface area contributed by atoms with E-state index < -0.39 is 12.0 Å². The number of thioether (sulfide) groups is 1. The summed E-state index contributed by atoms with van der Waals surface area (Å²) in [6.07, 6.45) is 3.29. The number of nitrogens with one attached hydrogen (secondary N) is 1. The van der Waals surface area contributed by atoms with Crippen LogP contribution in [0.3, 0.4) is 0 Å². The van der Waals surface area contributed by atoms with Crippen LogP contribution >= 0.6 is 11.8 Å². The molecule has 98 valence electrons. The van der Waals surface area contributed by atoms with Gasteiger partial charge >= 0.3 is 12.0 Å². The molecule has 2 amide bonds. The number of H-pyrrole nitrogens is 1. The summed E-state index contributed by atoms with van der Waals surface area (Å²) in [5.41, 5.74) is 0. The summed E-state index contributed by atoms with van der Waals surface area (Å²) >= 11 is 1.45. The van der Waals surface area contributed by atoms with E-state index in [0.29, 0.717) is 24.0 Å². The van der Waals surface area contributed by atoms with Gasteiger partial charge in [0.2, 0.25) is 0 Å². The first-order valence-electron chi connectivity index (χ1n) is 5.40. The highest BCUT2D eigenvalue weighted by Crippen LogP contribution is 2.22. The Balaban J connectivity index is 1.99. The van der Waals surface area contributed by atoms with Gasteiger partial charge < -0.3 is 19.9 Å². The van der Waals surface area contributed by atoms with Crippen LogP contribution < -0.4 is 0 Å². The number of rotatable bonds is 3. The van der Waals surface area contributed by atoms with E-state index in [0.717, 1.165) is 0 Å². The van der Waals surface area contributed by atoms with E-state index in [-0.39, 0.29) is 6.03 Å². The van der Waals surface area contributed by atoms with Gasteiger partial charge in [-0.05, 0) is 0 Å². The van der Waals surface area contributed by atoms with Crippen LogP contribution in [0.5, 0.6) is 0 Å². The van der Waals surface area contributed by atoms with Crippen molar-refractivity contribution in [3.05, 3.63) is 18.2 Å². The number of imidazole rings is 1. The minimum Gasteiger partial charge on any atom is -0.480 e. The number of amides is 2. The van der Waals surface area contributed by atoms with Crippen molar-refractivity contribution in [2.75, 3.05) is 18.7 Å². The van der Waals surface area contributed by atoms with Gasteiger partial charge in [-0.25, -0.2) is 14.6 Å². The van der Waals surface area contributed by atoms with Gasteiger partial charge in [0, 0.05) is 25.2 Å². The van der Waals surface area contributed by atoms with E-state index in [1.807, 2.05) is 0 Å². The maximum Gasteiger partial charge on any atom is 0.327 e. The van der Waals surface area contributed by atoms with Crippen LogP contribution in [-0.4, -0.2) is 61.6 Å². The maximum atomic E-state index is 12.1. The zero-order valence-electron chi connectivity index (χ0n) is 9.87. The van der Waals surface area contributed by atoms with Gasteiger partial charge in [-0.15, -0.1) is 11.8 Å². The first-order valence-corrected chi connectivity index (χ1v) is 6.55. The number of aromatic amines is 1. The molecular weight excluding hydrogens is 256 g/mol. The molecule has 2 N–H and O–H groups in total. The Hall–Kier alpha value is -1.70. The van der Waals surface area contributed by atoms with Crippen LogP contribution in [-0.2, 0) is 11.3 Å². The van der Waals surface area contributed by atoms with Crippen molar-refractivity contribution < 1.29 is 14.7 Å². The van der Waals surface area contributed by atoms with Crippen LogP contribution in [0, 0.1) is 0 Å². The average molecular weight is 270 g/mol. The number of carboxylic acids is 1. The van der Waals surface area contributed by atoms with Gasteiger partial charge in [-0.1, -0.05) is 0 Å². The smallest absolute Gasteiger partial charge is 0.327 e. The number of urea groups is 1. The van der Waals surface area contributed by atoms with Crippen molar-refractivity contribution >= 4 is 23.8 Å². The molecule has 0 radical (unpaired) electrons. The predicted octanol–water partition coefficient (Wildman–Crippen LogP) is 0.421. The molecule has 0 aromatic carbocycles. The Bertz CT molecular complexity index is 436. The lowest BCUT2D eigenvalue weighted by Gasteiger charge is -2.26. The fourth-order valence-corrected chi connectivity index (χ4v) is 2.87. The fraction of sp³-hybridized carbons (Fsp3) is 0.500. The molecule has 0 unspecified atom stereocenters. The number of aromatic nitrogens is 2. The van der Waals surface area contributed by atoms with Crippen LogP contribution in [0.1, 0.15) is 5.82 Å². The second kappa shape index (κ2) is 5.30. The van der Waals surface area contributed by atoms with Crippen molar-refractivity contribution in [1.82, 2.24) is 19.8 Å². The third-order valence-electron chi connectivity index (χ3n) is 2.68. The second-order valence-electron chi connectivity index (χ2n) is 4.00. The SMILES string of the molecule is CN(Cc1ncc[nH]1)C(=O)N1CSC[C@H]1C(=O)O. The number of carboxylic acid groups (broad SMARTS) is 1. The average Bonchev–Trinajstić information content (AvgIpc) is 2.97. The van der Waals surface area contributed by atoms with E-state index in [1.54, 1.807) is 19.4 Å². The summed E-state index contributed by atoms with van der Waals surface area (Å²) in [6.45, 7) is 0.333. The normalized spacial score (nSPS) is 18.9. The van der Waals surface area contributed by atoms with E-state index >= 15 is 0 Å². The Labute approximate surface area is 108 Å². The molecule has 1 aliphatic heterocycles. The maximum absolute atomic E-state index is 12.1. The van der Waals surface area contributed by atoms with E-state index in [4.69, 9.17) is 5.11 Å². The first kappa shape index (κ1) is 12.7. The van der Waals surface area contributed by atoms with E-state index in [1.165, 1.54) is 21.6 Å². The van der Waals surface area contributed by atoms with Crippen LogP contribution in [0.4, 0.5) is 4.79 Å². The zero-order chi connectivity index (χ0) is 13.1. The first-order chi connectivity index (χ1) is 8.59. The molecule has 1 atom stereocenters. The van der Waals surface area contributed by atoms with Crippen molar-refractivity contribution in [3.63, 3.8) is 0 Å². The molecule has 2 heterocycles. The quantitative estimate of drug-likeness (QED) is 0.831. The van der Waals surface area contributed by atoms with Crippen molar-refractivity contribution in [2.45, 2.75) is 12.6 Å². The summed E-state index contributed by atoms with van der Waals surface area (Å²) in [5, 5.41) is 9.03. The number of carbonyl (C=O) groups excluding carboxylic acids is 1. The van der Waals surface area contributed by atoms with Gasteiger partial charge in [0.05, 0.1) is 12.4 Å². The highest BCUT2D eigenvalue weighted by atomic mass is 32.2. The number of hydrogen-bond acceptors (Lipinski definition) is 4. The highest BCUT2D eigenvalue weighted by molar-refractivity contribution is 7.99. The molecule has 1 saturated heterocycles. The fourth-order valence-electron chi connectivity index (χ4n) is 1.73. The second-order valence-corrected chi connectivity index (χ2v) is 5.00. The van der Waals surface area contributed by atoms with Gasteiger partial charge in [0.25, 0.3) is 0 Å². The summed E-state index contributed by atoms with van der Waals surface area (Å²) < 4.78 is 0. The summed E-state index contributed by atoms with van der Waals surface area (Å²) in [5.74, 6) is 0.567. The monoisotopic (exact) mass is 270 g/mol. The number of nitrogens with zero attached hydrogens (tertiary/aromatic N) is 3. The molecule has 0 aliphatic carbocycles. The standard InChI is InChI=1S/C10H14N4O3S/c1-13(4-8-11-2-3-12-8)10(17)14-6-18-5-7(14)9(15)16/h2-3,7H,4-6H2,1H3,(H,11,12)(H,15,16)/t7-/m0/s1. The van der Waals surface area contributed by atoms with Crippen LogP contribution in [0.25, 0.3) is 0 Å². The molecule has 0 spiro atoms. The number of aliphatic carboxylic acids is 1. The third kappa shape index (κ3) is 2.58. The predicted molar refractivity (Wildman–Crippen MR) is 66.0 cm³/mol. The van der Waals surface area contributed by atoms with Gasteiger partial charge in [0.1, 0.15) is 11.9 Å². The van der Waals surface area contributed by atoms with Crippen molar-refractivity contribution in [1.29, 1.82) is 0 Å². The van der Waals surface area contributed by atoms with Crippen LogP contribution in [0.15, 0.2) is 12.4 Å². The molecule has 1 aliphatic rings. The molecular formula is C10H14N4O3S. The molecule has 1 aromatic rings. The summed E-state index contributed by atoms with van der Waals surface area (Å²) in [7, 11) is 1.63. The minimum atomic E-state index is -0.959. The Morgan fingerprint density at radius 1 is 1.72 bits per heavy atom. The molecule has 7 nitrogen and oxygen atoms in total. The summed E-state index contributed by atoms with van der Waals surface area (Å²) in [4.78, 5) is 32.9. The van der Waals surface area contributed by atoms with Gasteiger partial charge in [0.15, 0.2) is 0 Å². The molecule has 18 heavy (non-hydrogen) atoms. The highest BCUT2D eigenvalue weighted by Gasteiger charge is 2.36. The Morgan fingerprint density at radius 3 is 3.11 bits per heavy atom. The topological polar surface area (TPSA) is 89.5 Å². The molecule has 2 rings (SSSR count). The lowest BCUT2D eigenvalue weighted by atomic mass is 10.3. The van der Waals surface area contributed by atoms with Gasteiger partial charge in [-0.2, -0.15) is 0 Å². The largest absolute Gasteiger partial charge is 0.480 e. The van der Waals surface area contributed by atoms with Crippen molar-refractivity contribution in [3.8, 4) is 0 Å². The molecule has 8 heteroatoms. The Kier molecular flexibility index (Phi) is 3.75. The molecule has 0 saturated carbocycles. The number of carbonyl (C=O) groups is 2. The van der Waals surface area contributed by atoms with Crippen LogP contribution in [0.2, 0.25) is 0 Å². The van der Waals surface area contributed by atoms with E-state index in [2.05, 4.69) is 9.97 Å². The number of hydrogen-bond donors (Lipinski definition) is 2. The molecule has 1 fully saturated rings. The Morgan fingerprint density at radius 2 is 2.50 bits per heavy atom. The lowest BCUT2D eigenvalue weighted by Crippen LogP contribution is -2.47. The van der Waals surface area contributed by atoms with Crippen molar-refractivity contribution in [2.24, 2.45) is 0 Å². The third-order valence-corrected chi connectivity index (χ3v) is 3.69. The van der Waals surface area contributed by atoms with E-state index in [9.17, 15) is 9.59 Å². The summed E-state index contributed by atoms with van der Waals surface area (Å²) in [6, 6.07) is -1.02. The molecule has 0 bridgehead atoms. The zero-order valence-corrected chi connectivity index (χ0v) is 10.7.